The molecule has 0 aromatic heterocycles. The van der Waals surface area contributed by atoms with Crippen LogP contribution in [0.2, 0.25) is 6.04 Å². The van der Waals surface area contributed by atoms with Crippen LogP contribution in [0.25, 0.3) is 0 Å². The molecule has 0 amide bonds. The van der Waals surface area contributed by atoms with E-state index in [0.717, 1.165) is 0 Å². The first-order chi connectivity index (χ1) is 10.9. The molecule has 0 aliphatic rings. The molecule has 23 heavy (non-hydrogen) atoms. The zero-order valence-electron chi connectivity index (χ0n) is 14.8. The molecule has 0 N–H and O–H groups in total. The van der Waals surface area contributed by atoms with Crippen molar-refractivity contribution in [1.82, 2.24) is 0 Å². The minimum atomic E-state index is -3.31. The van der Waals surface area contributed by atoms with E-state index >= 15 is 0 Å². The molecule has 0 fully saturated rings. The van der Waals surface area contributed by atoms with Gasteiger partial charge in [-0.2, -0.15) is 0 Å². The highest BCUT2D eigenvalue weighted by molar-refractivity contribution is 6.92. The lowest BCUT2D eigenvalue weighted by Crippen LogP contribution is -2.51. The number of Topliss-reactive ketones (excluding diaryl/α,β-unsaturated/α-hetero) is 1. The van der Waals surface area contributed by atoms with Crippen molar-refractivity contribution in [2.45, 2.75) is 31.7 Å². The standard InChI is InChI=1S/C13H28O8Si2/c1-16-22(17-2,18-3)11-7-8-12(14)9-10-13(15)23(19-4,20-5)21-6/h7-11H2,1-6H3. The number of hydrogen-bond donors (Lipinski definition) is 0. The molecule has 0 radical (unpaired) electrons. The van der Waals surface area contributed by atoms with Gasteiger partial charge < -0.3 is 26.6 Å². The van der Waals surface area contributed by atoms with Gasteiger partial charge in [0, 0.05) is 68.0 Å². The summed E-state index contributed by atoms with van der Waals surface area (Å²) in [6, 6.07) is 0.545. The van der Waals surface area contributed by atoms with Crippen LogP contribution < -0.4 is 0 Å². The predicted octanol–water partition coefficient (Wildman–Crippen LogP) is 0.980. The van der Waals surface area contributed by atoms with E-state index in [-0.39, 0.29) is 24.0 Å². The summed E-state index contributed by atoms with van der Waals surface area (Å²) >= 11 is 0. The summed E-state index contributed by atoms with van der Waals surface area (Å²) in [6.07, 6.45) is 1.09. The highest BCUT2D eigenvalue weighted by Gasteiger charge is 2.47. The minimum Gasteiger partial charge on any atom is -0.377 e. The topological polar surface area (TPSA) is 89.5 Å². The van der Waals surface area contributed by atoms with Crippen molar-refractivity contribution in [3.05, 3.63) is 0 Å². The highest BCUT2D eigenvalue weighted by Crippen LogP contribution is 2.18. The van der Waals surface area contributed by atoms with E-state index in [1.165, 1.54) is 42.7 Å². The second-order valence-electron chi connectivity index (χ2n) is 4.78. The van der Waals surface area contributed by atoms with E-state index in [1.807, 2.05) is 0 Å². The molecule has 0 saturated carbocycles. The van der Waals surface area contributed by atoms with Gasteiger partial charge in [0.1, 0.15) is 5.78 Å². The lowest BCUT2D eigenvalue weighted by atomic mass is 10.1. The van der Waals surface area contributed by atoms with Crippen molar-refractivity contribution in [2.24, 2.45) is 0 Å². The van der Waals surface area contributed by atoms with E-state index in [9.17, 15) is 9.59 Å². The van der Waals surface area contributed by atoms with Crippen LogP contribution in [-0.2, 0) is 36.1 Å². The molecule has 0 aliphatic heterocycles. The van der Waals surface area contributed by atoms with Gasteiger partial charge in [-0.05, 0) is 6.42 Å². The summed E-state index contributed by atoms with van der Waals surface area (Å²) in [5.41, 5.74) is 0. The second kappa shape index (κ2) is 11.2. The molecule has 0 heterocycles. The summed E-state index contributed by atoms with van der Waals surface area (Å²) in [6.45, 7) is 0. The molecule has 0 aromatic rings. The van der Waals surface area contributed by atoms with Crippen LogP contribution >= 0.6 is 0 Å². The Morgan fingerprint density at radius 2 is 1.17 bits per heavy atom. The lowest BCUT2D eigenvalue weighted by molar-refractivity contribution is -0.123. The zero-order chi connectivity index (χ0) is 17.9. The van der Waals surface area contributed by atoms with Gasteiger partial charge in [-0.15, -0.1) is 0 Å². The Kier molecular flexibility index (Phi) is 10.9. The molecule has 10 heteroatoms. The average molecular weight is 369 g/mol. The molecular weight excluding hydrogens is 340 g/mol. The van der Waals surface area contributed by atoms with Gasteiger partial charge >= 0.3 is 17.6 Å². The number of rotatable bonds is 14. The Balaban J connectivity index is 4.30. The first kappa shape index (κ1) is 22.5. The van der Waals surface area contributed by atoms with E-state index in [1.54, 1.807) is 0 Å². The summed E-state index contributed by atoms with van der Waals surface area (Å²) in [5, 5.41) is -0.298. The fraction of sp³-hybridized carbons (Fsp3) is 0.846. The van der Waals surface area contributed by atoms with Gasteiger partial charge in [-0.3, -0.25) is 9.59 Å². The lowest BCUT2D eigenvalue weighted by Gasteiger charge is -2.24. The Bertz CT molecular complexity index is 352. The van der Waals surface area contributed by atoms with Crippen molar-refractivity contribution < 1.29 is 36.1 Å². The predicted molar refractivity (Wildman–Crippen MR) is 86.9 cm³/mol. The van der Waals surface area contributed by atoms with Crippen LogP contribution in [0.4, 0.5) is 0 Å². The normalized spacial score (nSPS) is 12.4. The van der Waals surface area contributed by atoms with E-state index in [4.69, 9.17) is 26.6 Å². The molecule has 0 unspecified atom stereocenters. The third-order valence-electron chi connectivity index (χ3n) is 3.65. The third kappa shape index (κ3) is 6.51. The van der Waals surface area contributed by atoms with Crippen LogP contribution in [0.15, 0.2) is 0 Å². The molecule has 0 bridgehead atoms. The minimum absolute atomic E-state index is 0.0178. The molecular formula is C13H28O8Si2. The average Bonchev–Trinajstić information content (AvgIpc) is 2.59. The maximum absolute atomic E-state index is 12.1. The zero-order valence-corrected chi connectivity index (χ0v) is 16.8. The molecule has 0 spiro atoms. The van der Waals surface area contributed by atoms with Gasteiger partial charge in [0.2, 0.25) is 5.41 Å². The molecule has 8 nitrogen and oxygen atoms in total. The van der Waals surface area contributed by atoms with Crippen molar-refractivity contribution in [3.8, 4) is 0 Å². The summed E-state index contributed by atoms with van der Waals surface area (Å²) in [4.78, 5) is 24.0. The fourth-order valence-corrected chi connectivity index (χ4v) is 5.52. The van der Waals surface area contributed by atoms with Crippen LogP contribution in [0.1, 0.15) is 25.7 Å². The Morgan fingerprint density at radius 1 is 0.696 bits per heavy atom. The first-order valence-corrected chi connectivity index (χ1v) is 10.9. The monoisotopic (exact) mass is 368 g/mol. The van der Waals surface area contributed by atoms with Crippen LogP contribution in [-0.4, -0.2) is 71.5 Å². The Hall–Kier alpha value is -0.466. The van der Waals surface area contributed by atoms with Crippen LogP contribution in [0, 0.1) is 0 Å². The molecule has 0 aliphatic carbocycles. The van der Waals surface area contributed by atoms with Crippen molar-refractivity contribution in [1.29, 1.82) is 0 Å². The smallest absolute Gasteiger partial charge is 0.377 e. The van der Waals surface area contributed by atoms with Crippen LogP contribution in [0.5, 0.6) is 0 Å². The molecule has 0 atom stereocenters. The number of hydrogen-bond acceptors (Lipinski definition) is 8. The highest BCUT2D eigenvalue weighted by atomic mass is 28.4. The van der Waals surface area contributed by atoms with Gasteiger partial charge in [-0.1, -0.05) is 0 Å². The van der Waals surface area contributed by atoms with Crippen molar-refractivity contribution >= 4 is 28.8 Å². The molecule has 0 saturated heterocycles. The quantitative estimate of drug-likeness (QED) is 0.419. The summed E-state index contributed by atoms with van der Waals surface area (Å²) in [5.74, 6) is -0.0178. The van der Waals surface area contributed by atoms with Gasteiger partial charge in [0.15, 0.2) is 0 Å². The van der Waals surface area contributed by atoms with Crippen LogP contribution in [0.3, 0.4) is 0 Å². The van der Waals surface area contributed by atoms with Gasteiger partial charge in [-0.25, -0.2) is 0 Å². The van der Waals surface area contributed by atoms with Gasteiger partial charge in [0.25, 0.3) is 0 Å². The van der Waals surface area contributed by atoms with Crippen molar-refractivity contribution in [2.75, 3.05) is 42.7 Å². The number of carbonyl (C=O) groups excluding carboxylic acids is 2. The molecule has 0 rings (SSSR count). The Labute approximate surface area is 140 Å². The fourth-order valence-electron chi connectivity index (χ4n) is 2.18. The van der Waals surface area contributed by atoms with Gasteiger partial charge in [0.05, 0.1) is 0 Å². The molecule has 0 aromatic carbocycles. The second-order valence-corrected chi connectivity index (χ2v) is 10.8. The first-order valence-electron chi connectivity index (χ1n) is 7.25. The number of carbonyl (C=O) groups is 2. The summed E-state index contributed by atoms with van der Waals surface area (Å²) < 4.78 is 31.1. The van der Waals surface area contributed by atoms with E-state index in [0.29, 0.717) is 18.9 Å². The number of ketones is 1. The van der Waals surface area contributed by atoms with E-state index in [2.05, 4.69) is 0 Å². The third-order valence-corrected chi connectivity index (χ3v) is 9.03. The maximum Gasteiger partial charge on any atom is 0.573 e. The summed E-state index contributed by atoms with van der Waals surface area (Å²) in [7, 11) is 2.73. The molecule has 136 valence electrons. The maximum atomic E-state index is 12.1. The van der Waals surface area contributed by atoms with Crippen molar-refractivity contribution in [3.63, 3.8) is 0 Å². The SMILES string of the molecule is CO[Si](CCCC(=O)CCC(=O)[Si](OC)(OC)OC)(OC)OC. The van der Waals surface area contributed by atoms with E-state index < -0.39 is 17.6 Å². The Morgan fingerprint density at radius 3 is 1.57 bits per heavy atom. The largest absolute Gasteiger partial charge is 0.573 e.